The van der Waals surface area contributed by atoms with E-state index in [0.29, 0.717) is 6.61 Å². The zero-order valence-corrected chi connectivity index (χ0v) is 12.0. The highest BCUT2D eigenvalue weighted by Crippen LogP contribution is 2.14. The summed E-state index contributed by atoms with van der Waals surface area (Å²) in [6.45, 7) is 4.36. The van der Waals surface area contributed by atoms with Gasteiger partial charge in [-0.1, -0.05) is 45.8 Å². The summed E-state index contributed by atoms with van der Waals surface area (Å²) in [5, 5.41) is 0. The van der Waals surface area contributed by atoms with E-state index in [1.165, 1.54) is 11.1 Å². The molecule has 0 saturated heterocycles. The standard InChI is InChI=1S/C14H19BrO2/c1-3-17-14(16)13(15)9-5-8-12-7-4-6-11(2)10-12/h4,6-7,10,13H,3,5,8-9H2,1-2H3. The number of rotatable bonds is 6. The average molecular weight is 299 g/mol. The summed E-state index contributed by atoms with van der Waals surface area (Å²) in [4.78, 5) is 11.2. The average Bonchev–Trinajstić information content (AvgIpc) is 2.29. The molecule has 1 unspecified atom stereocenters. The molecule has 2 nitrogen and oxygen atoms in total. The number of esters is 1. The van der Waals surface area contributed by atoms with E-state index in [-0.39, 0.29) is 10.8 Å². The highest BCUT2D eigenvalue weighted by molar-refractivity contribution is 9.10. The van der Waals surface area contributed by atoms with Crippen molar-refractivity contribution in [2.24, 2.45) is 0 Å². The minimum absolute atomic E-state index is 0.156. The maximum Gasteiger partial charge on any atom is 0.319 e. The molecule has 1 aromatic carbocycles. The van der Waals surface area contributed by atoms with E-state index in [9.17, 15) is 4.79 Å². The van der Waals surface area contributed by atoms with Gasteiger partial charge in [0.1, 0.15) is 4.83 Å². The van der Waals surface area contributed by atoms with Crippen LogP contribution in [0.3, 0.4) is 0 Å². The Morgan fingerprint density at radius 3 is 2.88 bits per heavy atom. The molecule has 0 radical (unpaired) electrons. The Balaban J connectivity index is 2.30. The van der Waals surface area contributed by atoms with Crippen molar-refractivity contribution in [1.29, 1.82) is 0 Å². The lowest BCUT2D eigenvalue weighted by Crippen LogP contribution is -2.17. The third-order valence-electron chi connectivity index (χ3n) is 2.55. The van der Waals surface area contributed by atoms with E-state index >= 15 is 0 Å². The second-order valence-corrected chi connectivity index (χ2v) is 5.21. The van der Waals surface area contributed by atoms with Gasteiger partial charge >= 0.3 is 5.97 Å². The smallest absolute Gasteiger partial charge is 0.319 e. The Hall–Kier alpha value is -0.830. The molecule has 0 amide bonds. The van der Waals surface area contributed by atoms with Gasteiger partial charge in [0.15, 0.2) is 0 Å². The lowest BCUT2D eigenvalue weighted by Gasteiger charge is -2.08. The first-order valence-electron chi connectivity index (χ1n) is 5.99. The summed E-state index contributed by atoms with van der Waals surface area (Å²) in [6, 6.07) is 8.48. The fourth-order valence-corrected chi connectivity index (χ4v) is 2.16. The van der Waals surface area contributed by atoms with Gasteiger partial charge in [0.25, 0.3) is 0 Å². The van der Waals surface area contributed by atoms with E-state index < -0.39 is 0 Å². The van der Waals surface area contributed by atoms with Crippen molar-refractivity contribution in [1.82, 2.24) is 0 Å². The normalized spacial score (nSPS) is 12.2. The van der Waals surface area contributed by atoms with Gasteiger partial charge in [0.2, 0.25) is 0 Å². The summed E-state index contributed by atoms with van der Waals surface area (Å²) in [7, 11) is 0. The molecule has 1 atom stereocenters. The summed E-state index contributed by atoms with van der Waals surface area (Å²) in [5.41, 5.74) is 2.61. The maximum atomic E-state index is 11.4. The SMILES string of the molecule is CCOC(=O)C(Br)CCCc1cccc(C)c1. The molecule has 0 spiro atoms. The Kier molecular flexibility index (Phi) is 6.27. The van der Waals surface area contributed by atoms with Crippen LogP contribution in [0, 0.1) is 6.92 Å². The quantitative estimate of drug-likeness (QED) is 0.592. The first-order chi connectivity index (χ1) is 8.13. The predicted octanol–water partition coefficient (Wildman–Crippen LogP) is 3.64. The third-order valence-corrected chi connectivity index (χ3v) is 3.38. The molecule has 17 heavy (non-hydrogen) atoms. The monoisotopic (exact) mass is 298 g/mol. The maximum absolute atomic E-state index is 11.4. The molecule has 0 aliphatic heterocycles. The fourth-order valence-electron chi connectivity index (χ4n) is 1.70. The van der Waals surface area contributed by atoms with Gasteiger partial charge < -0.3 is 4.74 Å². The molecule has 0 heterocycles. The Labute approximate surface area is 111 Å². The van der Waals surface area contributed by atoms with Crippen LogP contribution in [0.1, 0.15) is 30.9 Å². The molecule has 3 heteroatoms. The van der Waals surface area contributed by atoms with E-state index in [4.69, 9.17) is 4.74 Å². The van der Waals surface area contributed by atoms with Crippen molar-refractivity contribution in [2.75, 3.05) is 6.61 Å². The van der Waals surface area contributed by atoms with Crippen LogP contribution in [0.2, 0.25) is 0 Å². The van der Waals surface area contributed by atoms with E-state index in [1.807, 2.05) is 6.92 Å². The highest BCUT2D eigenvalue weighted by Gasteiger charge is 2.14. The minimum atomic E-state index is -0.174. The van der Waals surface area contributed by atoms with Gasteiger partial charge in [-0.3, -0.25) is 4.79 Å². The van der Waals surface area contributed by atoms with E-state index in [0.717, 1.165) is 19.3 Å². The van der Waals surface area contributed by atoms with Gasteiger partial charge in [-0.2, -0.15) is 0 Å². The van der Waals surface area contributed by atoms with Crippen molar-refractivity contribution in [2.45, 2.75) is 37.9 Å². The van der Waals surface area contributed by atoms with Crippen molar-refractivity contribution in [3.8, 4) is 0 Å². The number of aryl methyl sites for hydroxylation is 2. The largest absolute Gasteiger partial charge is 0.465 e. The van der Waals surface area contributed by atoms with Crippen LogP contribution >= 0.6 is 15.9 Å². The van der Waals surface area contributed by atoms with Crippen molar-refractivity contribution >= 4 is 21.9 Å². The molecule has 0 N–H and O–H groups in total. The van der Waals surface area contributed by atoms with Gasteiger partial charge in [0, 0.05) is 0 Å². The predicted molar refractivity (Wildman–Crippen MR) is 73.5 cm³/mol. The summed E-state index contributed by atoms with van der Waals surface area (Å²) >= 11 is 3.36. The Morgan fingerprint density at radius 2 is 2.24 bits per heavy atom. The lowest BCUT2D eigenvalue weighted by atomic mass is 10.1. The van der Waals surface area contributed by atoms with Crippen molar-refractivity contribution in [3.05, 3.63) is 35.4 Å². The van der Waals surface area contributed by atoms with Crippen LogP contribution in [0.5, 0.6) is 0 Å². The van der Waals surface area contributed by atoms with Crippen LogP contribution in [-0.2, 0) is 16.0 Å². The van der Waals surface area contributed by atoms with Crippen molar-refractivity contribution < 1.29 is 9.53 Å². The van der Waals surface area contributed by atoms with Gasteiger partial charge in [0.05, 0.1) is 6.61 Å². The highest BCUT2D eigenvalue weighted by atomic mass is 79.9. The first kappa shape index (κ1) is 14.2. The van der Waals surface area contributed by atoms with Crippen LogP contribution in [0.25, 0.3) is 0 Å². The van der Waals surface area contributed by atoms with E-state index in [2.05, 4.69) is 47.1 Å². The second kappa shape index (κ2) is 7.49. The molecule has 0 saturated carbocycles. The number of hydrogen-bond acceptors (Lipinski definition) is 2. The molecule has 1 aromatic rings. The van der Waals surface area contributed by atoms with Crippen molar-refractivity contribution in [3.63, 3.8) is 0 Å². The second-order valence-electron chi connectivity index (χ2n) is 4.10. The summed E-state index contributed by atoms with van der Waals surface area (Å²) in [5.74, 6) is -0.156. The lowest BCUT2D eigenvalue weighted by molar-refractivity contribution is -0.142. The number of carbonyl (C=O) groups excluding carboxylic acids is 1. The first-order valence-corrected chi connectivity index (χ1v) is 6.91. The molecule has 1 rings (SSSR count). The number of halogens is 1. The number of alkyl halides is 1. The Morgan fingerprint density at radius 1 is 1.47 bits per heavy atom. The van der Waals surface area contributed by atoms with Crippen LogP contribution < -0.4 is 0 Å². The van der Waals surface area contributed by atoms with Crippen LogP contribution in [-0.4, -0.2) is 17.4 Å². The number of hydrogen-bond donors (Lipinski definition) is 0. The number of carbonyl (C=O) groups is 1. The minimum Gasteiger partial charge on any atom is -0.465 e. The zero-order valence-electron chi connectivity index (χ0n) is 10.4. The van der Waals surface area contributed by atoms with Gasteiger partial charge in [-0.15, -0.1) is 0 Å². The zero-order chi connectivity index (χ0) is 12.7. The summed E-state index contributed by atoms with van der Waals surface area (Å²) < 4.78 is 4.94. The van der Waals surface area contributed by atoms with Crippen LogP contribution in [0.15, 0.2) is 24.3 Å². The van der Waals surface area contributed by atoms with E-state index in [1.54, 1.807) is 0 Å². The molecule has 0 bridgehead atoms. The molecule has 0 aliphatic carbocycles. The van der Waals surface area contributed by atoms with Gasteiger partial charge in [-0.05, 0) is 38.7 Å². The molecule has 0 fully saturated rings. The van der Waals surface area contributed by atoms with Gasteiger partial charge in [-0.25, -0.2) is 0 Å². The summed E-state index contributed by atoms with van der Waals surface area (Å²) in [6.07, 6.45) is 2.80. The topological polar surface area (TPSA) is 26.3 Å². The molecule has 0 aromatic heterocycles. The number of benzene rings is 1. The van der Waals surface area contributed by atoms with Crippen LogP contribution in [0.4, 0.5) is 0 Å². The third kappa shape index (κ3) is 5.35. The molecular weight excluding hydrogens is 280 g/mol. The molecular formula is C14H19BrO2. The number of ether oxygens (including phenoxy) is 1. The fraction of sp³-hybridized carbons (Fsp3) is 0.500. The Bertz CT molecular complexity index is 363. The molecule has 0 aliphatic rings. The molecule has 94 valence electrons.